The number of nitrogens with zero attached hydrogens (tertiary/aromatic N) is 3. The zero-order chi connectivity index (χ0) is 20.5. The highest BCUT2D eigenvalue weighted by Crippen LogP contribution is 2.34. The first-order valence-electron chi connectivity index (χ1n) is 8.53. The van der Waals surface area contributed by atoms with E-state index in [-0.39, 0.29) is 16.9 Å². The van der Waals surface area contributed by atoms with Gasteiger partial charge in [-0.1, -0.05) is 24.3 Å². The van der Waals surface area contributed by atoms with E-state index in [9.17, 15) is 25.5 Å². The first-order valence-corrected chi connectivity index (χ1v) is 8.53. The van der Waals surface area contributed by atoms with E-state index in [0.717, 1.165) is 10.8 Å². The number of nitrogens with one attached hydrogen (secondary N) is 1. The molecule has 140 valence electrons. The lowest BCUT2D eigenvalue weighted by molar-refractivity contribution is -0.384. The lowest BCUT2D eigenvalue weighted by atomic mass is 10.0. The van der Waals surface area contributed by atoms with Crippen molar-refractivity contribution in [3.63, 3.8) is 0 Å². The first kappa shape index (κ1) is 17.9. The molecule has 0 aromatic heterocycles. The fraction of sp³-hybridized carbons (Fsp3) is 0. The molecule has 0 spiro atoms. The van der Waals surface area contributed by atoms with Gasteiger partial charge in [0.2, 0.25) is 0 Å². The van der Waals surface area contributed by atoms with E-state index >= 15 is 0 Å². The molecule has 8 heteroatoms. The zero-order valence-corrected chi connectivity index (χ0v) is 14.8. The molecule has 0 saturated carbocycles. The molecule has 0 bridgehead atoms. The molecule has 0 aliphatic carbocycles. The number of hydrogen-bond donors (Lipinski definition) is 1. The summed E-state index contributed by atoms with van der Waals surface area (Å²) in [5, 5.41) is 37.6. The van der Waals surface area contributed by atoms with Crippen LogP contribution in [0.15, 0.2) is 66.7 Å². The van der Waals surface area contributed by atoms with E-state index in [0.29, 0.717) is 22.1 Å². The van der Waals surface area contributed by atoms with Crippen molar-refractivity contribution in [2.75, 3.05) is 5.32 Å². The molecular formula is C21H12N4O4. The number of rotatable bonds is 4. The van der Waals surface area contributed by atoms with Gasteiger partial charge in [-0.05, 0) is 35.0 Å². The summed E-state index contributed by atoms with van der Waals surface area (Å²) in [5.41, 5.74) is 1.13. The average molecular weight is 384 g/mol. The Bertz CT molecular complexity index is 1360. The van der Waals surface area contributed by atoms with Gasteiger partial charge in [-0.3, -0.25) is 20.2 Å². The van der Waals surface area contributed by atoms with Crippen LogP contribution in [0.2, 0.25) is 0 Å². The molecule has 0 fully saturated rings. The molecule has 29 heavy (non-hydrogen) atoms. The minimum absolute atomic E-state index is 0.0323. The highest BCUT2D eigenvalue weighted by atomic mass is 16.6. The van der Waals surface area contributed by atoms with Crippen LogP contribution in [0, 0.1) is 31.6 Å². The van der Waals surface area contributed by atoms with Crippen molar-refractivity contribution in [2.24, 2.45) is 0 Å². The first-order chi connectivity index (χ1) is 14.0. The fourth-order valence-corrected chi connectivity index (χ4v) is 3.30. The molecular weight excluding hydrogens is 372 g/mol. The second kappa shape index (κ2) is 6.90. The van der Waals surface area contributed by atoms with Crippen LogP contribution >= 0.6 is 0 Å². The van der Waals surface area contributed by atoms with Gasteiger partial charge in [0.25, 0.3) is 11.4 Å². The number of non-ortho nitro benzene ring substituents is 2. The van der Waals surface area contributed by atoms with Gasteiger partial charge in [0.05, 0.1) is 26.5 Å². The van der Waals surface area contributed by atoms with E-state index in [1.807, 2.05) is 24.3 Å². The van der Waals surface area contributed by atoms with Gasteiger partial charge >= 0.3 is 0 Å². The Morgan fingerprint density at radius 1 is 0.793 bits per heavy atom. The molecule has 0 aliphatic heterocycles. The molecule has 0 aliphatic rings. The van der Waals surface area contributed by atoms with Gasteiger partial charge in [0.15, 0.2) is 0 Å². The van der Waals surface area contributed by atoms with E-state index in [1.54, 1.807) is 24.3 Å². The monoisotopic (exact) mass is 384 g/mol. The summed E-state index contributed by atoms with van der Waals surface area (Å²) in [7, 11) is 0. The van der Waals surface area contributed by atoms with Gasteiger partial charge in [-0.25, -0.2) is 0 Å². The van der Waals surface area contributed by atoms with Crippen molar-refractivity contribution < 1.29 is 9.85 Å². The normalized spacial score (nSPS) is 10.6. The average Bonchev–Trinajstić information content (AvgIpc) is 2.72. The molecule has 0 radical (unpaired) electrons. The SMILES string of the molecule is N#Cc1cc([N+](=O)[O-])ccc1Nc1cccc2cc3c([N+](=O)[O-])cccc3cc12. The summed E-state index contributed by atoms with van der Waals surface area (Å²) in [6, 6.07) is 19.9. The van der Waals surface area contributed by atoms with E-state index < -0.39 is 9.85 Å². The van der Waals surface area contributed by atoms with Crippen molar-refractivity contribution >= 4 is 44.3 Å². The van der Waals surface area contributed by atoms with E-state index in [1.165, 1.54) is 24.3 Å². The maximum Gasteiger partial charge on any atom is 0.277 e. The van der Waals surface area contributed by atoms with Crippen LogP contribution in [0.3, 0.4) is 0 Å². The Morgan fingerprint density at radius 2 is 1.48 bits per heavy atom. The lowest BCUT2D eigenvalue weighted by Gasteiger charge is -2.12. The smallest absolute Gasteiger partial charge is 0.277 e. The van der Waals surface area contributed by atoms with E-state index in [2.05, 4.69) is 5.32 Å². The topological polar surface area (TPSA) is 122 Å². The van der Waals surface area contributed by atoms with Gasteiger partial charge in [0, 0.05) is 29.3 Å². The highest BCUT2D eigenvalue weighted by Gasteiger charge is 2.14. The number of hydrogen-bond acceptors (Lipinski definition) is 6. The summed E-state index contributed by atoms with van der Waals surface area (Å²) in [4.78, 5) is 21.3. The maximum atomic E-state index is 11.3. The third-order valence-corrected chi connectivity index (χ3v) is 4.66. The summed E-state index contributed by atoms with van der Waals surface area (Å²) in [6.45, 7) is 0. The molecule has 0 heterocycles. The van der Waals surface area contributed by atoms with Crippen molar-refractivity contribution in [3.8, 4) is 6.07 Å². The Kier molecular flexibility index (Phi) is 4.26. The molecule has 0 unspecified atom stereocenters. The summed E-state index contributed by atoms with van der Waals surface area (Å²) >= 11 is 0. The Balaban J connectivity index is 1.86. The minimum atomic E-state index is -0.554. The van der Waals surface area contributed by atoms with Crippen LogP contribution in [-0.4, -0.2) is 9.85 Å². The quantitative estimate of drug-likeness (QED) is 0.284. The van der Waals surface area contributed by atoms with Crippen LogP contribution in [0.4, 0.5) is 22.7 Å². The number of anilines is 2. The van der Waals surface area contributed by atoms with Crippen LogP contribution in [-0.2, 0) is 0 Å². The summed E-state index contributed by atoms with van der Waals surface area (Å²) in [6.07, 6.45) is 0. The standard InChI is InChI=1S/C21H12N4O4/c22-12-15-9-16(24(26)27)7-8-19(15)23-20-5-1-3-13-11-18-14(10-17(13)20)4-2-6-21(18)25(28)29/h1-11,23H. The molecule has 0 saturated heterocycles. The lowest BCUT2D eigenvalue weighted by Crippen LogP contribution is -1.97. The van der Waals surface area contributed by atoms with E-state index in [4.69, 9.17) is 0 Å². The van der Waals surface area contributed by atoms with Crippen molar-refractivity contribution in [3.05, 3.63) is 92.5 Å². The van der Waals surface area contributed by atoms with Crippen molar-refractivity contribution in [1.29, 1.82) is 5.26 Å². The molecule has 1 N–H and O–H groups in total. The largest absolute Gasteiger partial charge is 0.354 e. The maximum absolute atomic E-state index is 11.3. The van der Waals surface area contributed by atoms with Gasteiger partial charge in [-0.15, -0.1) is 0 Å². The molecule has 0 atom stereocenters. The van der Waals surface area contributed by atoms with Crippen LogP contribution in [0.5, 0.6) is 0 Å². The van der Waals surface area contributed by atoms with Crippen LogP contribution in [0.1, 0.15) is 5.56 Å². The fourth-order valence-electron chi connectivity index (χ4n) is 3.30. The van der Waals surface area contributed by atoms with Gasteiger partial charge in [0.1, 0.15) is 6.07 Å². The zero-order valence-electron chi connectivity index (χ0n) is 14.8. The predicted octanol–water partition coefficient (Wildman–Crippen LogP) is 5.42. The number of nitriles is 1. The number of nitro benzene ring substituents is 2. The molecule has 8 nitrogen and oxygen atoms in total. The van der Waals surface area contributed by atoms with Crippen LogP contribution < -0.4 is 5.32 Å². The van der Waals surface area contributed by atoms with Gasteiger partial charge in [-0.2, -0.15) is 5.26 Å². The Labute approximate surface area is 163 Å². The summed E-state index contributed by atoms with van der Waals surface area (Å²) in [5.74, 6) is 0. The number of fused-ring (bicyclic) bond motifs is 2. The predicted molar refractivity (Wildman–Crippen MR) is 109 cm³/mol. The Hall–Kier alpha value is -4.51. The number of nitro groups is 2. The van der Waals surface area contributed by atoms with Crippen molar-refractivity contribution in [2.45, 2.75) is 0 Å². The molecule has 4 rings (SSSR count). The number of benzene rings is 4. The third-order valence-electron chi connectivity index (χ3n) is 4.66. The minimum Gasteiger partial charge on any atom is -0.354 e. The van der Waals surface area contributed by atoms with Crippen molar-refractivity contribution in [1.82, 2.24) is 0 Å². The Morgan fingerprint density at radius 3 is 2.17 bits per heavy atom. The van der Waals surface area contributed by atoms with Gasteiger partial charge < -0.3 is 5.32 Å². The summed E-state index contributed by atoms with van der Waals surface area (Å²) < 4.78 is 0. The van der Waals surface area contributed by atoms with Crippen LogP contribution in [0.25, 0.3) is 21.5 Å². The molecule has 4 aromatic rings. The molecule has 4 aromatic carbocycles. The second-order valence-electron chi connectivity index (χ2n) is 6.36. The highest BCUT2D eigenvalue weighted by molar-refractivity contribution is 6.07. The second-order valence-corrected chi connectivity index (χ2v) is 6.36. The molecule has 0 amide bonds. The third kappa shape index (κ3) is 3.17.